The van der Waals surface area contributed by atoms with Crippen molar-refractivity contribution in [1.82, 2.24) is 0 Å². The summed E-state index contributed by atoms with van der Waals surface area (Å²) in [4.78, 5) is 14.8. The Labute approximate surface area is 139 Å². The van der Waals surface area contributed by atoms with Crippen molar-refractivity contribution in [2.75, 3.05) is 0 Å². The van der Waals surface area contributed by atoms with Crippen LogP contribution in [0.2, 0.25) is 0 Å². The minimum absolute atomic E-state index is 0.262. The molecule has 1 unspecified atom stereocenters. The number of benzene rings is 2. The molecular weight excluding hydrogens is 312 g/mol. The lowest BCUT2D eigenvalue weighted by Gasteiger charge is -2.13. The Kier molecular flexibility index (Phi) is 4.60. The molecule has 0 spiro atoms. The Bertz CT molecular complexity index is 703. The number of carbonyl (C=O) groups is 1. The fourth-order valence-electron chi connectivity index (χ4n) is 2.02. The molecular formula is C18H16O2S2. The van der Waals surface area contributed by atoms with Gasteiger partial charge < -0.3 is 4.74 Å². The number of ether oxygens (including phenoxy) is 1. The van der Waals surface area contributed by atoms with Crippen LogP contribution in [0.15, 0.2) is 69.3 Å². The molecule has 0 saturated carbocycles. The van der Waals surface area contributed by atoms with Gasteiger partial charge in [0, 0.05) is 20.8 Å². The fraction of sp³-hybridized carbons (Fsp3) is 0.167. The van der Waals surface area contributed by atoms with Crippen LogP contribution in [0.5, 0.6) is 0 Å². The Morgan fingerprint density at radius 3 is 2.00 bits per heavy atom. The standard InChI is InChI=1S/C18H16O2S2/c1-12-3-7-14(8-4-12)21-16-11-17(19)20-18(16)22-15-9-5-13(2)6-10-15/h3-11,18H,1-2H3. The van der Waals surface area contributed by atoms with Gasteiger partial charge in [0.05, 0.1) is 0 Å². The molecule has 1 atom stereocenters. The normalized spacial score (nSPS) is 17.3. The summed E-state index contributed by atoms with van der Waals surface area (Å²) in [7, 11) is 0. The molecule has 0 fully saturated rings. The van der Waals surface area contributed by atoms with Crippen LogP contribution in [-0.2, 0) is 9.53 Å². The van der Waals surface area contributed by atoms with E-state index in [0.29, 0.717) is 0 Å². The minimum atomic E-state index is -0.265. The quantitative estimate of drug-likeness (QED) is 0.742. The molecule has 2 nitrogen and oxygen atoms in total. The van der Waals surface area contributed by atoms with E-state index in [1.807, 2.05) is 0 Å². The van der Waals surface area contributed by atoms with Crippen molar-refractivity contribution in [3.05, 3.63) is 70.6 Å². The average Bonchev–Trinajstić information content (AvgIpc) is 2.83. The second-order valence-electron chi connectivity index (χ2n) is 5.16. The molecule has 0 bridgehead atoms. The van der Waals surface area contributed by atoms with E-state index >= 15 is 0 Å². The molecule has 112 valence electrons. The predicted molar refractivity (Wildman–Crippen MR) is 92.0 cm³/mol. The smallest absolute Gasteiger partial charge is 0.333 e. The molecule has 2 aromatic carbocycles. The number of carbonyl (C=O) groups excluding carboxylic acids is 1. The van der Waals surface area contributed by atoms with Gasteiger partial charge in [-0.1, -0.05) is 58.9 Å². The summed E-state index contributed by atoms with van der Waals surface area (Å²) in [5, 5.41) is 0. The minimum Gasteiger partial charge on any atom is -0.442 e. The SMILES string of the molecule is Cc1ccc(SC2=CC(=O)OC2Sc2ccc(C)cc2)cc1. The van der Waals surface area contributed by atoms with Gasteiger partial charge in [0.2, 0.25) is 0 Å². The summed E-state index contributed by atoms with van der Waals surface area (Å²) in [6, 6.07) is 16.5. The number of esters is 1. The van der Waals surface area contributed by atoms with Gasteiger partial charge in [0.1, 0.15) is 0 Å². The van der Waals surface area contributed by atoms with E-state index in [1.165, 1.54) is 11.1 Å². The van der Waals surface area contributed by atoms with Gasteiger partial charge in [0.15, 0.2) is 5.44 Å². The zero-order valence-corrected chi connectivity index (χ0v) is 14.0. The second-order valence-corrected chi connectivity index (χ2v) is 7.44. The molecule has 0 N–H and O–H groups in total. The van der Waals surface area contributed by atoms with Crippen LogP contribution >= 0.6 is 23.5 Å². The van der Waals surface area contributed by atoms with E-state index in [4.69, 9.17) is 4.74 Å². The zero-order chi connectivity index (χ0) is 15.5. The number of aryl methyl sites for hydroxylation is 2. The number of hydrogen-bond donors (Lipinski definition) is 0. The maximum atomic E-state index is 11.6. The second kappa shape index (κ2) is 6.63. The van der Waals surface area contributed by atoms with Crippen LogP contribution in [-0.4, -0.2) is 11.4 Å². The van der Waals surface area contributed by atoms with E-state index < -0.39 is 0 Å². The molecule has 0 aliphatic carbocycles. The van der Waals surface area contributed by atoms with E-state index in [2.05, 4.69) is 62.4 Å². The topological polar surface area (TPSA) is 26.3 Å². The van der Waals surface area contributed by atoms with Crippen LogP contribution in [0.25, 0.3) is 0 Å². The van der Waals surface area contributed by atoms with Crippen LogP contribution in [0.1, 0.15) is 11.1 Å². The van der Waals surface area contributed by atoms with Crippen molar-refractivity contribution in [2.45, 2.75) is 29.1 Å². The Balaban J connectivity index is 1.73. The monoisotopic (exact) mass is 328 g/mol. The summed E-state index contributed by atoms with van der Waals surface area (Å²) in [5.74, 6) is -0.265. The molecule has 1 aliphatic rings. The summed E-state index contributed by atoms with van der Waals surface area (Å²) in [5.41, 5.74) is 2.18. The van der Waals surface area contributed by atoms with Crippen molar-refractivity contribution in [3.63, 3.8) is 0 Å². The lowest BCUT2D eigenvalue weighted by atomic mass is 10.2. The van der Waals surface area contributed by atoms with Crippen LogP contribution < -0.4 is 0 Å². The molecule has 3 rings (SSSR count). The lowest BCUT2D eigenvalue weighted by Crippen LogP contribution is -2.05. The van der Waals surface area contributed by atoms with Crippen molar-refractivity contribution < 1.29 is 9.53 Å². The first-order valence-corrected chi connectivity index (χ1v) is 8.70. The molecule has 4 heteroatoms. The molecule has 0 saturated heterocycles. The zero-order valence-electron chi connectivity index (χ0n) is 12.4. The molecule has 1 aliphatic heterocycles. The van der Waals surface area contributed by atoms with Gasteiger partial charge in [-0.25, -0.2) is 4.79 Å². The van der Waals surface area contributed by atoms with Gasteiger partial charge in [-0.2, -0.15) is 0 Å². The molecule has 2 aromatic rings. The Morgan fingerprint density at radius 2 is 1.41 bits per heavy atom. The average molecular weight is 328 g/mol. The summed E-state index contributed by atoms with van der Waals surface area (Å²) < 4.78 is 5.41. The van der Waals surface area contributed by atoms with E-state index in [-0.39, 0.29) is 11.4 Å². The maximum Gasteiger partial charge on any atom is 0.333 e. The molecule has 1 heterocycles. The molecule has 22 heavy (non-hydrogen) atoms. The van der Waals surface area contributed by atoms with Crippen LogP contribution in [0.4, 0.5) is 0 Å². The Morgan fingerprint density at radius 1 is 0.864 bits per heavy atom. The van der Waals surface area contributed by atoms with E-state index in [0.717, 1.165) is 14.7 Å². The van der Waals surface area contributed by atoms with Gasteiger partial charge >= 0.3 is 5.97 Å². The van der Waals surface area contributed by atoms with Crippen LogP contribution in [0.3, 0.4) is 0 Å². The molecule has 0 radical (unpaired) electrons. The van der Waals surface area contributed by atoms with Crippen molar-refractivity contribution >= 4 is 29.5 Å². The van der Waals surface area contributed by atoms with Gasteiger partial charge in [-0.3, -0.25) is 0 Å². The summed E-state index contributed by atoms with van der Waals surface area (Å²) in [6.07, 6.45) is 1.59. The molecule has 0 aromatic heterocycles. The first kappa shape index (κ1) is 15.3. The van der Waals surface area contributed by atoms with Gasteiger partial charge in [0.25, 0.3) is 0 Å². The third-order valence-corrected chi connectivity index (χ3v) is 5.57. The van der Waals surface area contributed by atoms with Crippen molar-refractivity contribution in [3.8, 4) is 0 Å². The van der Waals surface area contributed by atoms with E-state index in [9.17, 15) is 4.79 Å². The Hall–Kier alpha value is -1.65. The van der Waals surface area contributed by atoms with Crippen LogP contribution in [0, 0.1) is 13.8 Å². The highest BCUT2D eigenvalue weighted by Gasteiger charge is 2.28. The third kappa shape index (κ3) is 3.76. The van der Waals surface area contributed by atoms with Gasteiger partial charge in [-0.15, -0.1) is 0 Å². The highest BCUT2D eigenvalue weighted by molar-refractivity contribution is 8.06. The highest BCUT2D eigenvalue weighted by atomic mass is 32.2. The number of thioether (sulfide) groups is 2. The first-order chi connectivity index (χ1) is 10.6. The predicted octanol–water partition coefficient (Wildman–Crippen LogP) is 4.95. The fourth-order valence-corrected chi connectivity index (χ4v) is 4.02. The van der Waals surface area contributed by atoms with Gasteiger partial charge in [-0.05, 0) is 38.1 Å². The van der Waals surface area contributed by atoms with Crippen molar-refractivity contribution in [1.29, 1.82) is 0 Å². The summed E-state index contributed by atoms with van der Waals surface area (Å²) >= 11 is 3.15. The van der Waals surface area contributed by atoms with Crippen molar-refractivity contribution in [2.24, 2.45) is 0 Å². The number of hydrogen-bond acceptors (Lipinski definition) is 4. The highest BCUT2D eigenvalue weighted by Crippen LogP contribution is 2.40. The summed E-state index contributed by atoms with van der Waals surface area (Å²) in [6.45, 7) is 4.12. The largest absolute Gasteiger partial charge is 0.442 e. The first-order valence-electron chi connectivity index (χ1n) is 7.00. The van der Waals surface area contributed by atoms with E-state index in [1.54, 1.807) is 29.6 Å². The number of cyclic esters (lactones) is 1. The third-order valence-electron chi connectivity index (χ3n) is 3.24. The number of rotatable bonds is 4. The molecule has 0 amide bonds. The maximum absolute atomic E-state index is 11.6. The lowest BCUT2D eigenvalue weighted by molar-refractivity contribution is -0.135.